The van der Waals surface area contributed by atoms with E-state index in [9.17, 15) is 13.2 Å². The molecule has 0 aliphatic carbocycles. The Morgan fingerprint density at radius 3 is 2.58 bits per heavy atom. The van der Waals surface area contributed by atoms with Gasteiger partial charge in [-0.25, -0.2) is 0 Å². The van der Waals surface area contributed by atoms with Gasteiger partial charge in [-0.3, -0.25) is 0 Å². The summed E-state index contributed by atoms with van der Waals surface area (Å²) >= 11 is -0.105. The van der Waals surface area contributed by atoms with Crippen molar-refractivity contribution in [3.8, 4) is 11.5 Å². The average Bonchev–Trinajstić information content (AvgIpc) is 2.35. The second-order valence-corrected chi connectivity index (χ2v) is 4.83. The zero-order valence-electron chi connectivity index (χ0n) is 10.5. The molecular formula is C12H16F3NO2S. The van der Waals surface area contributed by atoms with Crippen molar-refractivity contribution in [3.05, 3.63) is 23.8 Å². The van der Waals surface area contributed by atoms with Crippen molar-refractivity contribution < 1.29 is 22.6 Å². The number of halogens is 3. The number of alkyl halides is 3. The lowest BCUT2D eigenvalue weighted by molar-refractivity contribution is -0.0329. The summed E-state index contributed by atoms with van der Waals surface area (Å²) in [6.45, 7) is 0.488. The molecule has 0 fully saturated rings. The van der Waals surface area contributed by atoms with Crippen LogP contribution in [0.4, 0.5) is 13.2 Å². The van der Waals surface area contributed by atoms with Crippen molar-refractivity contribution in [3.63, 3.8) is 0 Å². The van der Waals surface area contributed by atoms with Gasteiger partial charge in [0, 0.05) is 5.75 Å². The number of hydrogen-bond donors (Lipinski definition) is 1. The fourth-order valence-corrected chi connectivity index (χ4v) is 1.86. The molecule has 0 heterocycles. The Morgan fingerprint density at radius 1 is 1.26 bits per heavy atom. The Kier molecular flexibility index (Phi) is 6.30. The van der Waals surface area contributed by atoms with E-state index in [1.54, 1.807) is 12.1 Å². The topological polar surface area (TPSA) is 44.5 Å². The van der Waals surface area contributed by atoms with Crippen LogP contribution in [-0.2, 0) is 6.42 Å². The molecule has 3 nitrogen and oxygen atoms in total. The molecule has 108 valence electrons. The first-order chi connectivity index (χ1) is 8.96. The lowest BCUT2D eigenvalue weighted by atomic mass is 10.1. The summed E-state index contributed by atoms with van der Waals surface area (Å²) < 4.78 is 46.2. The van der Waals surface area contributed by atoms with Gasteiger partial charge in [0.1, 0.15) is 0 Å². The normalized spacial score (nSPS) is 11.4. The fourth-order valence-electron chi connectivity index (χ4n) is 1.46. The molecule has 1 rings (SSSR count). The van der Waals surface area contributed by atoms with E-state index in [2.05, 4.69) is 0 Å². The summed E-state index contributed by atoms with van der Waals surface area (Å²) in [5, 5.41) is 0. The highest BCUT2D eigenvalue weighted by Gasteiger charge is 2.27. The van der Waals surface area contributed by atoms with Crippen LogP contribution < -0.4 is 15.2 Å². The van der Waals surface area contributed by atoms with Crippen LogP contribution in [0.1, 0.15) is 5.56 Å². The Hall–Kier alpha value is -1.08. The monoisotopic (exact) mass is 295 g/mol. The molecule has 2 N–H and O–H groups in total. The van der Waals surface area contributed by atoms with E-state index >= 15 is 0 Å². The van der Waals surface area contributed by atoms with E-state index in [1.165, 1.54) is 7.11 Å². The second kappa shape index (κ2) is 7.49. The number of nitrogens with two attached hydrogens (primary N) is 1. The van der Waals surface area contributed by atoms with E-state index in [0.717, 1.165) is 5.56 Å². The minimum Gasteiger partial charge on any atom is -0.493 e. The standard InChI is InChI=1S/C12H16F3NO2S/c1-17-11-8-9(4-5-16)2-3-10(11)18-6-7-19-12(13,14)15/h2-3,8H,4-7,16H2,1H3. The van der Waals surface area contributed by atoms with Crippen LogP contribution in [0.25, 0.3) is 0 Å². The number of methoxy groups -OCH3 is 1. The van der Waals surface area contributed by atoms with E-state index in [1.807, 2.05) is 6.07 Å². The first-order valence-electron chi connectivity index (χ1n) is 5.66. The highest BCUT2D eigenvalue weighted by molar-refractivity contribution is 8.00. The molecule has 0 saturated carbocycles. The van der Waals surface area contributed by atoms with Gasteiger partial charge in [0.25, 0.3) is 0 Å². The van der Waals surface area contributed by atoms with Gasteiger partial charge in [-0.15, -0.1) is 0 Å². The first-order valence-corrected chi connectivity index (χ1v) is 6.65. The predicted octanol–water partition coefficient (Wildman–Crippen LogP) is 2.83. The van der Waals surface area contributed by atoms with Crippen molar-refractivity contribution in [2.45, 2.75) is 11.9 Å². The predicted molar refractivity (Wildman–Crippen MR) is 69.8 cm³/mol. The summed E-state index contributed by atoms with van der Waals surface area (Å²) in [5.41, 5.74) is 2.22. The zero-order chi connectivity index (χ0) is 14.3. The van der Waals surface area contributed by atoms with Crippen LogP contribution in [0.2, 0.25) is 0 Å². The summed E-state index contributed by atoms with van der Waals surface area (Å²) in [7, 11) is 1.49. The highest BCUT2D eigenvalue weighted by Crippen LogP contribution is 2.31. The number of rotatable bonds is 7. The molecule has 19 heavy (non-hydrogen) atoms. The third-order valence-corrected chi connectivity index (χ3v) is 2.97. The Morgan fingerprint density at radius 2 is 2.00 bits per heavy atom. The number of hydrogen-bond acceptors (Lipinski definition) is 4. The third kappa shape index (κ3) is 6.07. The van der Waals surface area contributed by atoms with Crippen molar-refractivity contribution in [2.75, 3.05) is 26.0 Å². The van der Waals surface area contributed by atoms with Gasteiger partial charge in [0.15, 0.2) is 11.5 Å². The Labute approximate surface area is 114 Å². The smallest absolute Gasteiger partial charge is 0.441 e. The van der Waals surface area contributed by atoms with Crippen LogP contribution in [0.5, 0.6) is 11.5 Å². The van der Waals surface area contributed by atoms with Gasteiger partial charge >= 0.3 is 5.51 Å². The molecule has 0 radical (unpaired) electrons. The van der Waals surface area contributed by atoms with Crippen LogP contribution in [0.3, 0.4) is 0 Å². The van der Waals surface area contributed by atoms with Gasteiger partial charge < -0.3 is 15.2 Å². The zero-order valence-corrected chi connectivity index (χ0v) is 11.3. The second-order valence-electron chi connectivity index (χ2n) is 3.67. The number of thioether (sulfide) groups is 1. The minimum absolute atomic E-state index is 0.0310. The molecule has 0 aromatic heterocycles. The molecule has 0 atom stereocenters. The van der Waals surface area contributed by atoms with Crippen molar-refractivity contribution in [1.29, 1.82) is 0 Å². The highest BCUT2D eigenvalue weighted by atomic mass is 32.2. The van der Waals surface area contributed by atoms with Crippen molar-refractivity contribution >= 4 is 11.8 Å². The molecule has 0 unspecified atom stereocenters. The third-order valence-electron chi connectivity index (χ3n) is 2.27. The van der Waals surface area contributed by atoms with Gasteiger partial charge in [0.05, 0.1) is 13.7 Å². The van der Waals surface area contributed by atoms with E-state index in [0.29, 0.717) is 24.5 Å². The van der Waals surface area contributed by atoms with E-state index in [4.69, 9.17) is 15.2 Å². The molecule has 0 bridgehead atoms. The maximum atomic E-state index is 11.9. The maximum Gasteiger partial charge on any atom is 0.441 e. The summed E-state index contributed by atoms with van der Waals surface area (Å²) in [4.78, 5) is 0. The molecule has 0 aliphatic rings. The Bertz CT molecular complexity index is 399. The molecule has 0 spiro atoms. The van der Waals surface area contributed by atoms with E-state index < -0.39 is 5.51 Å². The molecule has 1 aromatic carbocycles. The molecule has 0 aliphatic heterocycles. The lowest BCUT2D eigenvalue weighted by Gasteiger charge is -2.12. The van der Waals surface area contributed by atoms with Crippen molar-refractivity contribution in [2.24, 2.45) is 5.73 Å². The fraction of sp³-hybridized carbons (Fsp3) is 0.500. The van der Waals surface area contributed by atoms with Gasteiger partial charge in [-0.1, -0.05) is 6.07 Å². The first kappa shape index (κ1) is 16.0. The van der Waals surface area contributed by atoms with Gasteiger partial charge in [0.2, 0.25) is 0 Å². The molecule has 0 amide bonds. The lowest BCUT2D eigenvalue weighted by Crippen LogP contribution is -2.08. The quantitative estimate of drug-likeness (QED) is 0.786. The molecular weight excluding hydrogens is 279 g/mol. The SMILES string of the molecule is COc1cc(CCN)ccc1OCCSC(F)(F)F. The van der Waals surface area contributed by atoms with Crippen LogP contribution in [0, 0.1) is 0 Å². The summed E-state index contributed by atoms with van der Waals surface area (Å²) in [6, 6.07) is 5.28. The molecule has 1 aromatic rings. The maximum absolute atomic E-state index is 11.9. The molecule has 7 heteroatoms. The number of ether oxygens (including phenoxy) is 2. The minimum atomic E-state index is -4.22. The van der Waals surface area contributed by atoms with Crippen molar-refractivity contribution in [1.82, 2.24) is 0 Å². The largest absolute Gasteiger partial charge is 0.493 e. The summed E-state index contributed by atoms with van der Waals surface area (Å²) in [5.74, 6) is 0.783. The van der Waals surface area contributed by atoms with Gasteiger partial charge in [-0.05, 0) is 42.4 Å². The van der Waals surface area contributed by atoms with Crippen LogP contribution in [0.15, 0.2) is 18.2 Å². The molecule has 0 saturated heterocycles. The van der Waals surface area contributed by atoms with E-state index in [-0.39, 0.29) is 24.1 Å². The Balaban J connectivity index is 2.53. The number of benzene rings is 1. The average molecular weight is 295 g/mol. The van der Waals surface area contributed by atoms with Crippen LogP contribution in [-0.4, -0.2) is 31.5 Å². The van der Waals surface area contributed by atoms with Gasteiger partial charge in [-0.2, -0.15) is 13.2 Å². The van der Waals surface area contributed by atoms with Crippen LogP contribution >= 0.6 is 11.8 Å². The summed E-state index contributed by atoms with van der Waals surface area (Å²) in [6.07, 6.45) is 0.709.